The summed E-state index contributed by atoms with van der Waals surface area (Å²) in [5.41, 5.74) is -5.78. The lowest BCUT2D eigenvalue weighted by molar-refractivity contribution is -0.0435. The minimum absolute atomic E-state index is 0.0264. The van der Waals surface area contributed by atoms with E-state index in [0.29, 0.717) is 11.5 Å². The Morgan fingerprint density at radius 2 is 1.84 bits per heavy atom. The number of aromatic nitrogens is 2. The van der Waals surface area contributed by atoms with Gasteiger partial charge in [-0.2, -0.15) is 0 Å². The second kappa shape index (κ2) is 7.82. The molecule has 0 radical (unpaired) electrons. The number of rotatable bonds is 4. The summed E-state index contributed by atoms with van der Waals surface area (Å²) in [4.78, 5) is 11.1. The topological polar surface area (TPSA) is 77.9 Å². The highest BCUT2D eigenvalue weighted by atomic mass is 79.9. The van der Waals surface area contributed by atoms with Crippen molar-refractivity contribution in [2.24, 2.45) is 0 Å². The minimum atomic E-state index is -4.95. The molecule has 5 nitrogen and oxygen atoms in total. The molecule has 1 N–H and O–H groups in total. The van der Waals surface area contributed by atoms with E-state index >= 15 is 0 Å². The quantitative estimate of drug-likeness (QED) is 0.453. The number of anilines is 1. The van der Waals surface area contributed by atoms with Gasteiger partial charge in [0.05, 0.1) is 16.9 Å². The van der Waals surface area contributed by atoms with Gasteiger partial charge in [0, 0.05) is 21.1 Å². The molecule has 0 fully saturated rings. The van der Waals surface area contributed by atoms with Crippen molar-refractivity contribution in [3.63, 3.8) is 0 Å². The summed E-state index contributed by atoms with van der Waals surface area (Å²) in [5, 5.41) is 5.42. The van der Waals surface area contributed by atoms with Gasteiger partial charge in [-0.3, -0.25) is 4.79 Å². The SMILES string of the molecule is O=C(Nc1c(Br)cc([S+]([O-])C(F)(F)F)cc1Br)c1snnc1C(F)F. The maximum atomic E-state index is 12.7. The summed E-state index contributed by atoms with van der Waals surface area (Å²) < 4.78 is 77.7. The van der Waals surface area contributed by atoms with E-state index in [4.69, 9.17) is 0 Å². The van der Waals surface area contributed by atoms with Crippen LogP contribution in [0.3, 0.4) is 0 Å². The highest BCUT2D eigenvalue weighted by molar-refractivity contribution is 9.11. The first-order valence-corrected chi connectivity index (χ1v) is 9.42. The van der Waals surface area contributed by atoms with Crippen molar-refractivity contribution in [2.45, 2.75) is 16.8 Å². The second-order valence-corrected chi connectivity index (χ2v) is 8.15. The predicted molar refractivity (Wildman–Crippen MR) is 87.1 cm³/mol. The third kappa shape index (κ3) is 4.67. The van der Waals surface area contributed by atoms with E-state index in [0.717, 1.165) is 12.1 Å². The van der Waals surface area contributed by atoms with Crippen LogP contribution in [0, 0.1) is 0 Å². The third-order valence-electron chi connectivity index (χ3n) is 2.60. The van der Waals surface area contributed by atoms with Gasteiger partial charge in [0.15, 0.2) is 10.6 Å². The molecule has 14 heteroatoms. The molecule has 0 spiro atoms. The molecule has 1 aromatic heterocycles. The van der Waals surface area contributed by atoms with Crippen molar-refractivity contribution in [3.8, 4) is 0 Å². The van der Waals surface area contributed by atoms with E-state index in [1.54, 1.807) is 0 Å². The Balaban J connectivity index is 2.32. The van der Waals surface area contributed by atoms with Crippen LogP contribution in [0.2, 0.25) is 0 Å². The molecular formula is C11H4Br2F5N3O2S2. The predicted octanol–water partition coefficient (Wildman–Crippen LogP) is 4.88. The van der Waals surface area contributed by atoms with Crippen molar-refractivity contribution in [1.29, 1.82) is 0 Å². The van der Waals surface area contributed by atoms with Crippen molar-refractivity contribution in [3.05, 3.63) is 31.6 Å². The molecule has 136 valence electrons. The largest absolute Gasteiger partial charge is 0.604 e. The van der Waals surface area contributed by atoms with Crippen molar-refractivity contribution < 1.29 is 31.3 Å². The molecule has 2 aromatic rings. The van der Waals surface area contributed by atoms with E-state index in [2.05, 4.69) is 46.8 Å². The van der Waals surface area contributed by atoms with E-state index < -0.39 is 44.5 Å². The van der Waals surface area contributed by atoms with Gasteiger partial charge < -0.3 is 9.87 Å². The number of nitrogens with one attached hydrogen (secondary N) is 1. The lowest BCUT2D eigenvalue weighted by Crippen LogP contribution is -2.23. The number of benzene rings is 1. The highest BCUT2D eigenvalue weighted by Crippen LogP contribution is 2.38. The van der Waals surface area contributed by atoms with Crippen LogP contribution in [0.25, 0.3) is 0 Å². The van der Waals surface area contributed by atoms with E-state index in [1.807, 2.05) is 0 Å². The Hall–Kier alpha value is -0.830. The molecule has 0 aliphatic rings. The van der Waals surface area contributed by atoms with Crippen LogP contribution in [-0.2, 0) is 11.2 Å². The van der Waals surface area contributed by atoms with Gasteiger partial charge >= 0.3 is 5.51 Å². The maximum Gasteiger partial charge on any atom is 0.578 e. The zero-order valence-electron chi connectivity index (χ0n) is 11.4. The Morgan fingerprint density at radius 1 is 1.28 bits per heavy atom. The number of halogens is 7. The monoisotopic (exact) mass is 527 g/mol. The highest BCUT2D eigenvalue weighted by Gasteiger charge is 2.46. The number of hydrogen-bond acceptors (Lipinski definition) is 5. The number of carbonyl (C=O) groups is 1. The number of nitrogens with zero attached hydrogens (tertiary/aromatic N) is 2. The van der Waals surface area contributed by atoms with Crippen LogP contribution in [0.1, 0.15) is 21.8 Å². The van der Waals surface area contributed by atoms with Crippen molar-refractivity contribution >= 4 is 66.2 Å². The summed E-state index contributed by atoms with van der Waals surface area (Å²) in [6.07, 6.45) is -3.01. The molecule has 1 unspecified atom stereocenters. The van der Waals surface area contributed by atoms with Gasteiger partial charge in [-0.15, -0.1) is 18.3 Å². The fourth-order valence-corrected chi connectivity index (χ4v) is 4.55. The van der Waals surface area contributed by atoms with Crippen LogP contribution in [-0.4, -0.2) is 25.6 Å². The third-order valence-corrected chi connectivity index (χ3v) is 5.68. The summed E-state index contributed by atoms with van der Waals surface area (Å²) in [6.45, 7) is 0. The van der Waals surface area contributed by atoms with Crippen LogP contribution in [0.15, 0.2) is 26.0 Å². The Labute approximate surface area is 160 Å². The molecule has 1 aromatic carbocycles. The molecule has 0 saturated carbocycles. The van der Waals surface area contributed by atoms with E-state index in [-0.39, 0.29) is 14.6 Å². The van der Waals surface area contributed by atoms with Crippen LogP contribution >= 0.6 is 43.4 Å². The molecule has 1 atom stereocenters. The summed E-state index contributed by atoms with van der Waals surface area (Å²) in [7, 11) is 0. The fraction of sp³-hybridized carbons (Fsp3) is 0.182. The van der Waals surface area contributed by atoms with Crippen LogP contribution < -0.4 is 5.32 Å². The molecule has 0 aliphatic heterocycles. The van der Waals surface area contributed by atoms with Gasteiger partial charge in [0.2, 0.25) is 0 Å². The van der Waals surface area contributed by atoms with Gasteiger partial charge in [-0.1, -0.05) is 4.49 Å². The second-order valence-electron chi connectivity index (χ2n) is 4.22. The molecule has 1 amide bonds. The zero-order valence-corrected chi connectivity index (χ0v) is 16.2. The Morgan fingerprint density at radius 3 is 2.32 bits per heavy atom. The standard InChI is InChI=1S/C11H4Br2F5N3O2S2/c12-4-1-3(25(23)11(16,17)18)2-5(13)6(4)19-10(22)8-7(9(14)15)20-21-24-8/h1-2,9H,(H,19,22). The van der Waals surface area contributed by atoms with Gasteiger partial charge in [0.25, 0.3) is 12.3 Å². The van der Waals surface area contributed by atoms with E-state index in [9.17, 15) is 31.3 Å². The number of amides is 1. The van der Waals surface area contributed by atoms with Gasteiger partial charge in [-0.05, 0) is 43.4 Å². The van der Waals surface area contributed by atoms with Gasteiger partial charge in [0.1, 0.15) is 4.88 Å². The van der Waals surface area contributed by atoms with Crippen LogP contribution in [0.5, 0.6) is 0 Å². The summed E-state index contributed by atoms with van der Waals surface area (Å²) >= 11 is 3.08. The number of alkyl halides is 5. The number of hydrogen-bond donors (Lipinski definition) is 1. The molecule has 0 saturated heterocycles. The van der Waals surface area contributed by atoms with Crippen molar-refractivity contribution in [2.75, 3.05) is 5.32 Å². The lowest BCUT2D eigenvalue weighted by Gasteiger charge is -2.15. The minimum Gasteiger partial charge on any atom is -0.604 e. The lowest BCUT2D eigenvalue weighted by atomic mass is 10.3. The Kier molecular flexibility index (Phi) is 6.40. The zero-order chi connectivity index (χ0) is 18.9. The molecule has 0 bridgehead atoms. The first-order valence-electron chi connectivity index (χ1n) is 5.91. The average Bonchev–Trinajstić information content (AvgIpc) is 2.98. The molecule has 2 rings (SSSR count). The summed E-state index contributed by atoms with van der Waals surface area (Å²) in [5.74, 6) is -0.962. The smallest absolute Gasteiger partial charge is 0.578 e. The first kappa shape index (κ1) is 20.5. The number of carbonyl (C=O) groups excluding carboxylic acids is 1. The molecule has 1 heterocycles. The first-order chi connectivity index (χ1) is 11.5. The van der Waals surface area contributed by atoms with Crippen molar-refractivity contribution in [1.82, 2.24) is 9.59 Å². The fourth-order valence-electron chi connectivity index (χ4n) is 1.58. The van der Waals surface area contributed by atoms with Gasteiger partial charge in [-0.25, -0.2) is 8.78 Å². The Bertz CT molecular complexity index is 779. The maximum absolute atomic E-state index is 12.7. The molecule has 25 heavy (non-hydrogen) atoms. The van der Waals surface area contributed by atoms with Crippen LogP contribution in [0.4, 0.5) is 27.6 Å². The average molecular weight is 529 g/mol. The molecule has 0 aliphatic carbocycles. The normalized spacial score (nSPS) is 13.2. The summed E-state index contributed by atoms with van der Waals surface area (Å²) in [6, 6.07) is 1.81. The van der Waals surface area contributed by atoms with E-state index in [1.165, 1.54) is 0 Å². The molecular weight excluding hydrogens is 525 g/mol.